The van der Waals surface area contributed by atoms with E-state index >= 15 is 0 Å². The maximum atomic E-state index is 12.0. The summed E-state index contributed by atoms with van der Waals surface area (Å²) in [6.45, 7) is 5.04. The van der Waals surface area contributed by atoms with Crippen LogP contribution in [0.3, 0.4) is 0 Å². The first-order valence-corrected chi connectivity index (χ1v) is 13.3. The van der Waals surface area contributed by atoms with Gasteiger partial charge in [-0.25, -0.2) is 4.79 Å². The van der Waals surface area contributed by atoms with Gasteiger partial charge in [-0.1, -0.05) is 82.2 Å². The topological polar surface area (TPSA) is 58.6 Å². The van der Waals surface area contributed by atoms with Crippen LogP contribution >= 0.6 is 0 Å². The van der Waals surface area contributed by atoms with E-state index in [1.165, 1.54) is 64.2 Å². The number of ether oxygens (including phenoxy) is 1. The molecule has 1 aliphatic heterocycles. The van der Waals surface area contributed by atoms with Crippen LogP contribution in [-0.4, -0.2) is 41.9 Å². The second-order valence-corrected chi connectivity index (χ2v) is 10.2. The highest BCUT2D eigenvalue weighted by Gasteiger charge is 2.37. The Labute approximate surface area is 200 Å². The Bertz CT molecular complexity index is 695. The van der Waals surface area contributed by atoms with E-state index in [4.69, 9.17) is 4.74 Å². The van der Waals surface area contributed by atoms with Crippen molar-refractivity contribution in [1.82, 2.24) is 10.2 Å². The van der Waals surface area contributed by atoms with Crippen molar-refractivity contribution in [2.75, 3.05) is 13.1 Å². The van der Waals surface area contributed by atoms with Crippen molar-refractivity contribution in [2.45, 2.75) is 103 Å². The fourth-order valence-electron chi connectivity index (χ4n) is 5.58. The van der Waals surface area contributed by atoms with Gasteiger partial charge in [0.05, 0.1) is 0 Å². The molecule has 2 aliphatic carbocycles. The predicted molar refractivity (Wildman–Crippen MR) is 133 cm³/mol. The van der Waals surface area contributed by atoms with Gasteiger partial charge in [0.25, 0.3) is 0 Å². The van der Waals surface area contributed by atoms with Gasteiger partial charge in [-0.15, -0.1) is 0 Å². The second kappa shape index (κ2) is 13.7. The van der Waals surface area contributed by atoms with E-state index in [1.54, 1.807) is 11.8 Å². The van der Waals surface area contributed by atoms with Crippen molar-refractivity contribution >= 4 is 11.9 Å². The minimum Gasteiger partial charge on any atom is -0.445 e. The zero-order chi connectivity index (χ0) is 23.5. The maximum absolute atomic E-state index is 12.0. The standard InChI is InChI=1S/C16H21NO3.C12H23N/c1-3-14-9-17(10-15(14)12(2)18)16(19)20-11-13-7-5-4-6-8-13;1-3-7-11(8-4-1)13-12-9-5-2-6-10-12/h4-8,14-15H,3,9-11H2,1-2H3;11-13H,1-10H2/t14-,15-;/m1./s1. The predicted octanol–water partition coefficient (Wildman–Crippen LogP) is 6.11. The number of Topliss-reactive ketones (excluding diaryl/α,β-unsaturated/α-hetero) is 1. The van der Waals surface area contributed by atoms with E-state index < -0.39 is 0 Å². The molecule has 0 bridgehead atoms. The third-order valence-corrected chi connectivity index (χ3v) is 7.63. The lowest BCUT2D eigenvalue weighted by molar-refractivity contribution is -0.121. The number of likely N-dealkylation sites (tertiary alicyclic amines) is 1. The summed E-state index contributed by atoms with van der Waals surface area (Å²) in [5, 5.41) is 3.86. The summed E-state index contributed by atoms with van der Waals surface area (Å²) in [6, 6.07) is 11.3. The minimum atomic E-state index is -0.323. The fourth-order valence-corrected chi connectivity index (χ4v) is 5.58. The van der Waals surface area contributed by atoms with Gasteiger partial charge in [-0.3, -0.25) is 4.79 Å². The number of amides is 1. The molecule has 1 amide bonds. The first kappa shape index (κ1) is 25.7. The zero-order valence-electron chi connectivity index (χ0n) is 20.8. The Morgan fingerprint density at radius 1 is 0.909 bits per heavy atom. The summed E-state index contributed by atoms with van der Waals surface area (Å²) in [4.78, 5) is 25.3. The highest BCUT2D eigenvalue weighted by atomic mass is 16.6. The van der Waals surface area contributed by atoms with Gasteiger partial charge in [0.2, 0.25) is 0 Å². The first-order chi connectivity index (χ1) is 16.1. The SMILES string of the molecule is C1CCC(NC2CCCCC2)CC1.CC[C@@H]1CN(C(=O)OCc2ccccc2)C[C@@H]1C(C)=O. The number of nitrogens with zero attached hydrogens (tertiary/aromatic N) is 1. The van der Waals surface area contributed by atoms with Crippen LogP contribution in [0.5, 0.6) is 0 Å². The molecule has 1 aromatic rings. The number of carbonyl (C=O) groups is 2. The molecule has 2 atom stereocenters. The number of hydrogen-bond acceptors (Lipinski definition) is 4. The number of ketones is 1. The number of hydrogen-bond donors (Lipinski definition) is 1. The monoisotopic (exact) mass is 456 g/mol. The van der Waals surface area contributed by atoms with Crippen molar-refractivity contribution in [2.24, 2.45) is 11.8 Å². The largest absolute Gasteiger partial charge is 0.445 e. The molecule has 33 heavy (non-hydrogen) atoms. The Balaban J connectivity index is 0.000000203. The quantitative estimate of drug-likeness (QED) is 0.561. The lowest BCUT2D eigenvalue weighted by Crippen LogP contribution is -2.40. The lowest BCUT2D eigenvalue weighted by Gasteiger charge is -2.30. The van der Waals surface area contributed by atoms with Crippen molar-refractivity contribution in [1.29, 1.82) is 0 Å². The molecule has 1 N–H and O–H groups in total. The molecule has 184 valence electrons. The van der Waals surface area contributed by atoms with Crippen molar-refractivity contribution in [3.05, 3.63) is 35.9 Å². The molecule has 0 spiro atoms. The fraction of sp³-hybridized carbons (Fsp3) is 0.714. The number of rotatable bonds is 6. The average Bonchev–Trinajstić information content (AvgIpc) is 3.30. The Morgan fingerprint density at radius 2 is 1.48 bits per heavy atom. The molecule has 3 aliphatic rings. The smallest absolute Gasteiger partial charge is 0.410 e. The second-order valence-electron chi connectivity index (χ2n) is 10.2. The third kappa shape index (κ3) is 8.44. The number of benzene rings is 1. The molecule has 0 radical (unpaired) electrons. The average molecular weight is 457 g/mol. The van der Waals surface area contributed by atoms with Crippen LogP contribution < -0.4 is 5.32 Å². The molecule has 5 nitrogen and oxygen atoms in total. The van der Waals surface area contributed by atoms with Crippen LogP contribution in [-0.2, 0) is 16.1 Å². The van der Waals surface area contributed by atoms with Gasteiger partial charge in [-0.05, 0) is 44.1 Å². The van der Waals surface area contributed by atoms with Crippen molar-refractivity contribution in [3.8, 4) is 0 Å². The number of carbonyl (C=O) groups excluding carboxylic acids is 2. The molecule has 1 heterocycles. The van der Waals surface area contributed by atoms with Crippen LogP contribution in [0.4, 0.5) is 4.79 Å². The third-order valence-electron chi connectivity index (χ3n) is 7.63. The van der Waals surface area contributed by atoms with E-state index in [-0.39, 0.29) is 30.3 Å². The van der Waals surface area contributed by atoms with Crippen LogP contribution in [0, 0.1) is 11.8 Å². The van der Waals surface area contributed by atoms with E-state index in [2.05, 4.69) is 12.2 Å². The molecule has 0 unspecified atom stereocenters. The molecular weight excluding hydrogens is 412 g/mol. The van der Waals surface area contributed by atoms with Crippen LogP contribution in [0.2, 0.25) is 0 Å². The summed E-state index contributed by atoms with van der Waals surface area (Å²) < 4.78 is 5.31. The van der Waals surface area contributed by atoms with Crippen LogP contribution in [0.25, 0.3) is 0 Å². The summed E-state index contributed by atoms with van der Waals surface area (Å²) in [7, 11) is 0. The molecule has 1 aromatic carbocycles. The summed E-state index contributed by atoms with van der Waals surface area (Å²) in [6.07, 6.45) is 15.2. The first-order valence-electron chi connectivity index (χ1n) is 13.3. The van der Waals surface area contributed by atoms with Gasteiger partial charge in [0.15, 0.2) is 0 Å². The maximum Gasteiger partial charge on any atom is 0.410 e. The summed E-state index contributed by atoms with van der Waals surface area (Å²) >= 11 is 0. The van der Waals surface area contributed by atoms with Crippen LogP contribution in [0.15, 0.2) is 30.3 Å². The Hall–Kier alpha value is -1.88. The van der Waals surface area contributed by atoms with Gasteiger partial charge in [0.1, 0.15) is 12.4 Å². The zero-order valence-corrected chi connectivity index (χ0v) is 20.8. The van der Waals surface area contributed by atoms with Gasteiger partial charge < -0.3 is 15.0 Å². The summed E-state index contributed by atoms with van der Waals surface area (Å²) in [5.74, 6) is 0.385. The molecule has 2 saturated carbocycles. The molecule has 1 saturated heterocycles. The molecule has 3 fully saturated rings. The highest BCUT2D eigenvalue weighted by Crippen LogP contribution is 2.27. The molecule has 4 rings (SSSR count). The molecule has 5 heteroatoms. The minimum absolute atomic E-state index is 0.0377. The van der Waals surface area contributed by atoms with Crippen molar-refractivity contribution < 1.29 is 14.3 Å². The van der Waals surface area contributed by atoms with Gasteiger partial charge in [0, 0.05) is 31.1 Å². The normalized spacial score (nSPS) is 24.1. The molecule has 0 aromatic heterocycles. The van der Waals surface area contributed by atoms with Gasteiger partial charge in [-0.2, -0.15) is 0 Å². The summed E-state index contributed by atoms with van der Waals surface area (Å²) in [5.41, 5.74) is 0.968. The van der Waals surface area contributed by atoms with Crippen molar-refractivity contribution in [3.63, 3.8) is 0 Å². The highest BCUT2D eigenvalue weighted by molar-refractivity contribution is 5.80. The Morgan fingerprint density at radius 3 is 1.97 bits per heavy atom. The van der Waals surface area contributed by atoms with E-state index in [0.717, 1.165) is 24.1 Å². The number of nitrogens with one attached hydrogen (secondary N) is 1. The van der Waals surface area contributed by atoms with Gasteiger partial charge >= 0.3 is 6.09 Å². The van der Waals surface area contributed by atoms with E-state index in [9.17, 15) is 9.59 Å². The molecular formula is C28H44N2O3. The van der Waals surface area contributed by atoms with E-state index in [0.29, 0.717) is 13.1 Å². The Kier molecular flexibility index (Phi) is 10.7. The van der Waals surface area contributed by atoms with E-state index in [1.807, 2.05) is 30.3 Å². The lowest BCUT2D eigenvalue weighted by atomic mass is 9.91. The van der Waals surface area contributed by atoms with Crippen LogP contribution in [0.1, 0.15) is 90.0 Å².